The van der Waals surface area contributed by atoms with Crippen LogP contribution < -0.4 is 10.2 Å². The fraction of sp³-hybridized carbons (Fsp3) is 0. The fourth-order valence-corrected chi connectivity index (χ4v) is 1.15. The maximum atomic E-state index is 10.1. The molecule has 19 heavy (non-hydrogen) atoms. The van der Waals surface area contributed by atoms with Crippen molar-refractivity contribution in [3.05, 3.63) is 71.8 Å². The van der Waals surface area contributed by atoms with Gasteiger partial charge in [0.25, 0.3) is 0 Å². The second kappa shape index (κ2) is 9.06. The minimum absolute atomic E-state index is 0. The summed E-state index contributed by atoms with van der Waals surface area (Å²) in [6.07, 6.45) is 0. The van der Waals surface area contributed by atoms with E-state index in [2.05, 4.69) is 0 Å². The van der Waals surface area contributed by atoms with Gasteiger partial charge in [-0.15, -0.1) is 0 Å². The number of hydrogen-bond donors (Lipinski definition) is 0. The van der Waals surface area contributed by atoms with Gasteiger partial charge in [-0.1, -0.05) is 60.7 Å². The molecule has 0 N–H and O–H groups in total. The SMILES string of the molecule is O=C([O-])c1ccccc1.O=C([O-])c1ccccc1.[Pt+2]. The molecule has 2 aromatic carbocycles. The molecule has 2 aromatic rings. The number of carboxylic acid groups (broad SMARTS) is 2. The van der Waals surface area contributed by atoms with Gasteiger partial charge in [0.05, 0.1) is 11.9 Å². The molecule has 0 spiro atoms. The van der Waals surface area contributed by atoms with Crippen molar-refractivity contribution in [1.29, 1.82) is 0 Å². The number of aromatic carboxylic acids is 2. The Morgan fingerprint density at radius 3 is 1.05 bits per heavy atom. The van der Waals surface area contributed by atoms with Crippen molar-refractivity contribution in [2.45, 2.75) is 0 Å². The van der Waals surface area contributed by atoms with Gasteiger partial charge >= 0.3 is 21.1 Å². The topological polar surface area (TPSA) is 80.3 Å². The van der Waals surface area contributed by atoms with Gasteiger partial charge in [-0.2, -0.15) is 0 Å². The van der Waals surface area contributed by atoms with Crippen LogP contribution in [0.15, 0.2) is 60.7 Å². The first kappa shape index (κ1) is 17.1. The first-order chi connectivity index (χ1) is 8.61. The molecule has 0 saturated heterocycles. The Kier molecular flexibility index (Phi) is 8.14. The van der Waals surface area contributed by atoms with E-state index in [1.165, 1.54) is 24.3 Å². The summed E-state index contributed by atoms with van der Waals surface area (Å²) in [5.41, 5.74) is 0.440. The Labute approximate surface area is 125 Å². The van der Waals surface area contributed by atoms with E-state index in [4.69, 9.17) is 0 Å². The molecule has 4 nitrogen and oxygen atoms in total. The van der Waals surface area contributed by atoms with Crippen LogP contribution in [0.3, 0.4) is 0 Å². The second-order valence-electron chi connectivity index (χ2n) is 3.31. The molecule has 0 unspecified atom stereocenters. The van der Waals surface area contributed by atoms with Crippen molar-refractivity contribution in [3.63, 3.8) is 0 Å². The number of hydrogen-bond acceptors (Lipinski definition) is 4. The summed E-state index contributed by atoms with van der Waals surface area (Å²) < 4.78 is 0. The van der Waals surface area contributed by atoms with E-state index in [1.54, 1.807) is 36.4 Å². The molecule has 0 aliphatic rings. The Balaban J connectivity index is 0.000000324. The summed E-state index contributed by atoms with van der Waals surface area (Å²) in [4.78, 5) is 20.2. The smallest absolute Gasteiger partial charge is 0.545 e. The molecule has 0 heterocycles. The van der Waals surface area contributed by atoms with Gasteiger partial charge in [-0.3, -0.25) is 0 Å². The van der Waals surface area contributed by atoms with Gasteiger partial charge in [0.15, 0.2) is 0 Å². The average Bonchev–Trinajstić information content (AvgIpc) is 2.41. The van der Waals surface area contributed by atoms with Crippen LogP contribution in [-0.2, 0) is 21.1 Å². The van der Waals surface area contributed by atoms with Crippen LogP contribution in [0.4, 0.5) is 0 Å². The Bertz CT molecular complexity index is 462. The van der Waals surface area contributed by atoms with Crippen molar-refractivity contribution in [2.75, 3.05) is 0 Å². The largest absolute Gasteiger partial charge is 2.00 e. The quantitative estimate of drug-likeness (QED) is 0.668. The molecule has 0 atom stereocenters. The second-order valence-corrected chi connectivity index (χ2v) is 3.31. The molecule has 100 valence electrons. The van der Waals surface area contributed by atoms with E-state index in [0.29, 0.717) is 0 Å². The molecule has 0 radical (unpaired) electrons. The van der Waals surface area contributed by atoms with E-state index < -0.39 is 11.9 Å². The molecule has 0 bridgehead atoms. The fourth-order valence-electron chi connectivity index (χ4n) is 1.15. The van der Waals surface area contributed by atoms with Gasteiger partial charge in [-0.05, 0) is 11.1 Å². The summed E-state index contributed by atoms with van der Waals surface area (Å²) in [5.74, 6) is -2.26. The molecule has 0 aromatic heterocycles. The van der Waals surface area contributed by atoms with Crippen molar-refractivity contribution in [2.24, 2.45) is 0 Å². The van der Waals surface area contributed by atoms with Crippen molar-refractivity contribution in [1.82, 2.24) is 0 Å². The molecule has 0 saturated carbocycles. The molecular formula is C14H10O4Pt. The third-order valence-corrected chi connectivity index (χ3v) is 2.02. The standard InChI is InChI=1S/2C7H6O2.Pt/c2*8-7(9)6-4-2-1-3-5-6;/h2*1-5H,(H,8,9);/q;;+2/p-2. The minimum Gasteiger partial charge on any atom is -0.545 e. The van der Waals surface area contributed by atoms with E-state index in [9.17, 15) is 19.8 Å². The molecule has 2 rings (SSSR count). The number of carbonyl (C=O) groups excluding carboxylic acids is 2. The number of carboxylic acids is 2. The molecule has 5 heteroatoms. The zero-order chi connectivity index (χ0) is 13.4. The summed E-state index contributed by atoms with van der Waals surface area (Å²) in [6, 6.07) is 16.1. The molecule has 0 aliphatic heterocycles. The van der Waals surface area contributed by atoms with Crippen LogP contribution in [-0.4, -0.2) is 11.9 Å². The number of rotatable bonds is 2. The summed E-state index contributed by atoms with van der Waals surface area (Å²) in [5, 5.41) is 20.2. The van der Waals surface area contributed by atoms with Crippen LogP contribution in [0.2, 0.25) is 0 Å². The summed E-state index contributed by atoms with van der Waals surface area (Å²) in [6.45, 7) is 0. The van der Waals surface area contributed by atoms with Gasteiger partial charge in [0.1, 0.15) is 0 Å². The number of carbonyl (C=O) groups is 2. The molecule has 0 aliphatic carbocycles. The molecule has 0 amide bonds. The van der Waals surface area contributed by atoms with Gasteiger partial charge in [0, 0.05) is 0 Å². The normalized spacial score (nSPS) is 8.42. The van der Waals surface area contributed by atoms with Gasteiger partial charge in [-0.25, -0.2) is 0 Å². The Morgan fingerprint density at radius 1 is 0.632 bits per heavy atom. The zero-order valence-corrected chi connectivity index (χ0v) is 12.0. The van der Waals surface area contributed by atoms with Crippen molar-refractivity contribution >= 4 is 11.9 Å². The van der Waals surface area contributed by atoms with Crippen LogP contribution in [0, 0.1) is 0 Å². The van der Waals surface area contributed by atoms with E-state index >= 15 is 0 Å². The predicted octanol–water partition coefficient (Wildman–Crippen LogP) is 0.0977. The third kappa shape index (κ3) is 6.53. The Hall–Kier alpha value is -1.93. The van der Waals surface area contributed by atoms with E-state index in [1.807, 2.05) is 0 Å². The summed E-state index contributed by atoms with van der Waals surface area (Å²) >= 11 is 0. The first-order valence-corrected chi connectivity index (χ1v) is 5.14. The third-order valence-electron chi connectivity index (χ3n) is 2.02. The van der Waals surface area contributed by atoms with Crippen LogP contribution in [0.25, 0.3) is 0 Å². The van der Waals surface area contributed by atoms with Crippen LogP contribution in [0.5, 0.6) is 0 Å². The van der Waals surface area contributed by atoms with Crippen molar-refractivity contribution < 1.29 is 40.9 Å². The summed E-state index contributed by atoms with van der Waals surface area (Å²) in [7, 11) is 0. The molecular weight excluding hydrogens is 427 g/mol. The Morgan fingerprint density at radius 2 is 0.895 bits per heavy atom. The molecule has 0 fully saturated rings. The minimum atomic E-state index is -1.13. The van der Waals surface area contributed by atoms with Crippen LogP contribution >= 0.6 is 0 Å². The van der Waals surface area contributed by atoms with E-state index in [0.717, 1.165) is 0 Å². The maximum absolute atomic E-state index is 10.1. The van der Waals surface area contributed by atoms with Gasteiger partial charge < -0.3 is 19.8 Å². The van der Waals surface area contributed by atoms with Crippen molar-refractivity contribution in [3.8, 4) is 0 Å². The average molecular weight is 437 g/mol. The van der Waals surface area contributed by atoms with E-state index in [-0.39, 0.29) is 32.2 Å². The van der Waals surface area contributed by atoms with Crippen LogP contribution in [0.1, 0.15) is 20.7 Å². The maximum Gasteiger partial charge on any atom is 2.00 e. The monoisotopic (exact) mass is 437 g/mol. The first-order valence-electron chi connectivity index (χ1n) is 5.14. The predicted molar refractivity (Wildman–Crippen MR) is 61.5 cm³/mol. The zero-order valence-electron chi connectivity index (χ0n) is 9.72. The van der Waals surface area contributed by atoms with Gasteiger partial charge in [0.2, 0.25) is 0 Å². The number of benzene rings is 2.